The summed E-state index contributed by atoms with van der Waals surface area (Å²) in [6.45, 7) is 0. The molecular formula is C12H7BrCl2Ge. The molecule has 80 valence electrons. The fourth-order valence-electron chi connectivity index (χ4n) is 2.15. The number of hydrogen-bond acceptors (Lipinski definition) is 0. The quantitative estimate of drug-likeness (QED) is 0.620. The topological polar surface area (TPSA) is 0 Å². The molecule has 0 saturated heterocycles. The summed E-state index contributed by atoms with van der Waals surface area (Å²) in [6.07, 6.45) is 0. The average molecular weight is 375 g/mol. The van der Waals surface area contributed by atoms with E-state index >= 15 is 0 Å². The van der Waals surface area contributed by atoms with Crippen molar-refractivity contribution in [2.75, 3.05) is 0 Å². The Labute approximate surface area is 113 Å². The Morgan fingerprint density at radius 1 is 0.875 bits per heavy atom. The third-order valence-corrected chi connectivity index (χ3v) is 12.2. The maximum absolute atomic E-state index is 6.63. The molecule has 0 amide bonds. The Balaban J connectivity index is 2.39. The van der Waals surface area contributed by atoms with Crippen molar-refractivity contribution in [2.45, 2.75) is 0 Å². The van der Waals surface area contributed by atoms with Gasteiger partial charge in [-0.25, -0.2) is 0 Å². The fraction of sp³-hybridized carbons (Fsp3) is 0. The van der Waals surface area contributed by atoms with Gasteiger partial charge < -0.3 is 0 Å². The molecule has 0 aromatic heterocycles. The number of halogens is 3. The van der Waals surface area contributed by atoms with Crippen LogP contribution in [0.2, 0.25) is 0 Å². The van der Waals surface area contributed by atoms with Crippen LogP contribution in [0.1, 0.15) is 0 Å². The first-order valence-electron chi connectivity index (χ1n) is 4.88. The van der Waals surface area contributed by atoms with Crippen molar-refractivity contribution in [3.05, 3.63) is 46.9 Å². The third kappa shape index (κ3) is 1.49. The van der Waals surface area contributed by atoms with Crippen LogP contribution in [-0.4, -0.2) is 11.4 Å². The molecule has 0 fully saturated rings. The van der Waals surface area contributed by atoms with Crippen LogP contribution in [-0.2, 0) is 0 Å². The van der Waals surface area contributed by atoms with Crippen LogP contribution in [0.15, 0.2) is 46.9 Å². The summed E-state index contributed by atoms with van der Waals surface area (Å²) in [5, 5.41) is 0. The van der Waals surface area contributed by atoms with Gasteiger partial charge in [-0.05, 0) is 0 Å². The summed E-state index contributed by atoms with van der Waals surface area (Å²) < 4.78 is 3.33. The van der Waals surface area contributed by atoms with Gasteiger partial charge in [0, 0.05) is 0 Å². The summed E-state index contributed by atoms with van der Waals surface area (Å²) >= 11 is 0.428. The summed E-state index contributed by atoms with van der Waals surface area (Å²) in [5.74, 6) is 0. The van der Waals surface area contributed by atoms with E-state index in [2.05, 4.69) is 40.2 Å². The summed E-state index contributed by atoms with van der Waals surface area (Å²) in [4.78, 5) is 0. The van der Waals surface area contributed by atoms with E-state index in [0.29, 0.717) is 0 Å². The van der Waals surface area contributed by atoms with Crippen molar-refractivity contribution in [1.82, 2.24) is 0 Å². The van der Waals surface area contributed by atoms with Gasteiger partial charge in [0.15, 0.2) is 0 Å². The van der Waals surface area contributed by atoms with E-state index in [-0.39, 0.29) is 0 Å². The zero-order valence-electron chi connectivity index (χ0n) is 8.18. The van der Waals surface area contributed by atoms with Crippen LogP contribution in [0.4, 0.5) is 0 Å². The van der Waals surface area contributed by atoms with E-state index in [4.69, 9.17) is 20.0 Å². The Kier molecular flexibility index (Phi) is 2.63. The van der Waals surface area contributed by atoms with Crippen molar-refractivity contribution >= 4 is 56.1 Å². The summed E-state index contributed by atoms with van der Waals surface area (Å²) in [6, 6.07) is 14.4. The normalized spacial score (nSPS) is 15.7. The van der Waals surface area contributed by atoms with E-state index in [0.717, 1.165) is 13.3 Å². The van der Waals surface area contributed by atoms with Crippen molar-refractivity contribution < 1.29 is 0 Å². The molecule has 1 aliphatic rings. The Morgan fingerprint density at radius 3 is 2.38 bits per heavy atom. The van der Waals surface area contributed by atoms with Gasteiger partial charge in [-0.2, -0.15) is 0 Å². The molecule has 0 atom stereocenters. The molecule has 0 radical (unpaired) electrons. The molecule has 0 unspecified atom stereocenters. The average Bonchev–Trinajstić information content (AvgIpc) is 2.49. The second kappa shape index (κ2) is 3.77. The molecular weight excluding hydrogens is 368 g/mol. The van der Waals surface area contributed by atoms with Gasteiger partial charge >= 0.3 is 114 Å². The Hall–Kier alpha value is 0.0429. The molecule has 0 saturated carbocycles. The second-order valence-electron chi connectivity index (χ2n) is 3.81. The van der Waals surface area contributed by atoms with Gasteiger partial charge in [0.1, 0.15) is 0 Å². The Bertz CT molecular complexity index is 581. The molecule has 1 aliphatic heterocycles. The molecule has 0 spiro atoms. The van der Waals surface area contributed by atoms with Gasteiger partial charge in [0.05, 0.1) is 0 Å². The molecule has 3 rings (SSSR count). The molecule has 0 nitrogen and oxygen atoms in total. The van der Waals surface area contributed by atoms with Crippen molar-refractivity contribution in [3.63, 3.8) is 0 Å². The molecule has 1 heterocycles. The molecule has 4 heteroatoms. The number of benzene rings is 2. The first-order valence-corrected chi connectivity index (χ1v) is 13.3. The monoisotopic (exact) mass is 374 g/mol. The fourth-order valence-corrected chi connectivity index (χ4v) is 10.6. The van der Waals surface area contributed by atoms with Gasteiger partial charge in [-0.1, -0.05) is 0 Å². The first kappa shape index (κ1) is 11.2. The van der Waals surface area contributed by atoms with Crippen LogP contribution in [0.3, 0.4) is 0 Å². The number of rotatable bonds is 0. The van der Waals surface area contributed by atoms with E-state index in [1.165, 1.54) is 11.1 Å². The summed E-state index contributed by atoms with van der Waals surface area (Å²) in [5.41, 5.74) is 2.40. The molecule has 0 N–H and O–H groups in total. The van der Waals surface area contributed by atoms with Gasteiger partial charge in [-0.15, -0.1) is 0 Å². The molecule has 0 aliphatic carbocycles. The van der Waals surface area contributed by atoms with Gasteiger partial charge in [0.2, 0.25) is 0 Å². The predicted octanol–water partition coefficient (Wildman–Crippen LogP) is 3.46. The van der Waals surface area contributed by atoms with Crippen molar-refractivity contribution in [1.29, 1.82) is 0 Å². The molecule has 0 bridgehead atoms. The van der Waals surface area contributed by atoms with Crippen LogP contribution in [0.25, 0.3) is 11.1 Å². The second-order valence-corrected chi connectivity index (χ2v) is 16.3. The van der Waals surface area contributed by atoms with E-state index in [1.54, 1.807) is 0 Å². The van der Waals surface area contributed by atoms with Crippen molar-refractivity contribution in [2.24, 2.45) is 0 Å². The summed E-state index contributed by atoms with van der Waals surface area (Å²) in [7, 11) is 13.3. The minimum atomic E-state index is -3.05. The molecule has 16 heavy (non-hydrogen) atoms. The van der Waals surface area contributed by atoms with E-state index < -0.39 is 11.4 Å². The SMILES string of the molecule is [Cl][Ge]1([Cl])[c]2ccccc2-c2ccc(Br)c[c]21. The zero-order valence-corrected chi connectivity index (χ0v) is 13.4. The number of hydrogen-bond donors (Lipinski definition) is 0. The molecule has 2 aromatic rings. The molecule has 2 aromatic carbocycles. The van der Waals surface area contributed by atoms with Gasteiger partial charge in [0.25, 0.3) is 0 Å². The van der Waals surface area contributed by atoms with E-state index in [1.807, 2.05) is 18.2 Å². The zero-order chi connectivity index (χ0) is 11.3. The van der Waals surface area contributed by atoms with E-state index in [9.17, 15) is 0 Å². The van der Waals surface area contributed by atoms with Crippen LogP contribution >= 0.6 is 35.9 Å². The van der Waals surface area contributed by atoms with Crippen LogP contribution < -0.4 is 8.79 Å². The van der Waals surface area contributed by atoms with Crippen molar-refractivity contribution in [3.8, 4) is 11.1 Å². The standard InChI is InChI=1S/C12H7BrCl2Ge/c13-8-5-6-10-9-3-1-2-4-11(9)16(14,15)12(10)7-8/h1-7H. The first-order chi connectivity index (χ1) is 7.60. The predicted molar refractivity (Wildman–Crippen MR) is 76.3 cm³/mol. The minimum absolute atomic E-state index is 1.04. The van der Waals surface area contributed by atoms with Crippen LogP contribution in [0, 0.1) is 0 Å². The Morgan fingerprint density at radius 2 is 1.56 bits per heavy atom. The van der Waals surface area contributed by atoms with Crippen LogP contribution in [0.5, 0.6) is 0 Å². The number of fused-ring (bicyclic) bond motifs is 3. The van der Waals surface area contributed by atoms with Gasteiger partial charge in [-0.3, -0.25) is 0 Å². The maximum atomic E-state index is 6.63. The third-order valence-electron chi connectivity index (χ3n) is 2.88.